The molecule has 3 N–H and O–H groups in total. The van der Waals surface area contributed by atoms with Crippen LogP contribution in [0.5, 0.6) is 0 Å². The molecule has 0 aliphatic carbocycles. The van der Waals surface area contributed by atoms with Gasteiger partial charge in [-0.25, -0.2) is 4.98 Å². The number of aromatic nitrogens is 3. The van der Waals surface area contributed by atoms with Crippen LogP contribution in [0.1, 0.15) is 15.9 Å². The fourth-order valence-corrected chi connectivity index (χ4v) is 3.30. The second-order valence-corrected chi connectivity index (χ2v) is 7.48. The second kappa shape index (κ2) is 9.49. The highest BCUT2D eigenvalue weighted by Gasteiger charge is 2.15. The highest BCUT2D eigenvalue weighted by atomic mass is 16.4. The lowest BCUT2D eigenvalue weighted by atomic mass is 10.1. The predicted molar refractivity (Wildman–Crippen MR) is 124 cm³/mol. The van der Waals surface area contributed by atoms with Crippen LogP contribution in [-0.4, -0.2) is 51.1 Å². The van der Waals surface area contributed by atoms with Gasteiger partial charge in [-0.05, 0) is 48.9 Å². The number of pyridine rings is 2. The van der Waals surface area contributed by atoms with Crippen LogP contribution in [0.25, 0.3) is 22.6 Å². The molecule has 1 aromatic carbocycles. The maximum absolute atomic E-state index is 12.5. The molecule has 0 bridgehead atoms. The zero-order valence-corrected chi connectivity index (χ0v) is 18.2. The van der Waals surface area contributed by atoms with Gasteiger partial charge in [0.1, 0.15) is 0 Å². The number of nitrogens with one attached hydrogen (secondary N) is 2. The molecule has 0 spiro atoms. The number of carbonyl (C=O) groups excluding carboxylic acids is 1. The van der Waals surface area contributed by atoms with E-state index in [0.717, 1.165) is 11.1 Å². The van der Waals surface area contributed by atoms with Gasteiger partial charge in [0.25, 0.3) is 17.5 Å². The number of nitrogens with zero attached hydrogens (tertiary/aromatic N) is 3. The Balaban J connectivity index is 1.57. The molecule has 4 aromatic rings. The van der Waals surface area contributed by atoms with Gasteiger partial charge < -0.3 is 24.7 Å². The number of amides is 1. The molecule has 0 fully saturated rings. The van der Waals surface area contributed by atoms with E-state index >= 15 is 0 Å². The standard InChI is InChI=1S/C24H23N5O4/c1-15-5-6-17(23(32)29(2)10-11-30)13-19(15)28-24-27-14-21(33-24)16-7-9-25-20(12-16)18-4-3-8-26-22(18)31/h3-9,12-14,30H,10-11H2,1-2H3,(H,26,31)(H,27,28). The molecule has 3 heterocycles. The normalized spacial score (nSPS) is 10.8. The van der Waals surface area contributed by atoms with Crippen molar-refractivity contribution < 1.29 is 14.3 Å². The lowest BCUT2D eigenvalue weighted by molar-refractivity contribution is 0.0767. The number of hydrogen-bond donors (Lipinski definition) is 3. The summed E-state index contributed by atoms with van der Waals surface area (Å²) in [7, 11) is 1.64. The first-order chi connectivity index (χ1) is 16.0. The molecule has 33 heavy (non-hydrogen) atoms. The summed E-state index contributed by atoms with van der Waals surface area (Å²) in [5.74, 6) is 0.307. The fraction of sp³-hybridized carbons (Fsp3) is 0.167. The number of carbonyl (C=O) groups is 1. The molecule has 0 atom stereocenters. The first kappa shape index (κ1) is 22.0. The number of aromatic amines is 1. The predicted octanol–water partition coefficient (Wildman–Crippen LogP) is 3.21. The Morgan fingerprint density at radius 1 is 1.21 bits per heavy atom. The summed E-state index contributed by atoms with van der Waals surface area (Å²) in [6.45, 7) is 2.05. The van der Waals surface area contributed by atoms with Gasteiger partial charge in [0.15, 0.2) is 5.76 Å². The Bertz CT molecular complexity index is 1340. The fourth-order valence-electron chi connectivity index (χ4n) is 3.30. The minimum Gasteiger partial charge on any atom is -0.423 e. The van der Waals surface area contributed by atoms with Gasteiger partial charge in [0, 0.05) is 42.8 Å². The van der Waals surface area contributed by atoms with Crippen molar-refractivity contribution in [2.24, 2.45) is 0 Å². The number of oxazole rings is 1. The van der Waals surface area contributed by atoms with Crippen LogP contribution in [0.15, 0.2) is 70.3 Å². The van der Waals surface area contributed by atoms with Crippen molar-refractivity contribution in [3.8, 4) is 22.6 Å². The van der Waals surface area contributed by atoms with Crippen molar-refractivity contribution in [1.82, 2.24) is 19.9 Å². The second-order valence-electron chi connectivity index (χ2n) is 7.48. The van der Waals surface area contributed by atoms with E-state index in [2.05, 4.69) is 20.3 Å². The summed E-state index contributed by atoms with van der Waals surface area (Å²) in [5.41, 5.74) is 3.54. The van der Waals surface area contributed by atoms with Gasteiger partial charge >= 0.3 is 0 Å². The van der Waals surface area contributed by atoms with E-state index < -0.39 is 0 Å². The van der Waals surface area contributed by atoms with Crippen molar-refractivity contribution in [2.45, 2.75) is 6.92 Å². The Morgan fingerprint density at radius 3 is 2.85 bits per heavy atom. The summed E-state index contributed by atoms with van der Waals surface area (Å²) in [6, 6.07) is 12.5. The highest BCUT2D eigenvalue weighted by Crippen LogP contribution is 2.28. The molecule has 3 aromatic heterocycles. The van der Waals surface area contributed by atoms with Gasteiger partial charge in [-0.1, -0.05) is 6.07 Å². The summed E-state index contributed by atoms with van der Waals surface area (Å²) in [5, 5.41) is 12.2. The molecule has 0 saturated carbocycles. The third-order valence-corrected chi connectivity index (χ3v) is 5.15. The van der Waals surface area contributed by atoms with E-state index in [1.54, 1.807) is 62.0 Å². The molecule has 0 aliphatic heterocycles. The van der Waals surface area contributed by atoms with E-state index in [4.69, 9.17) is 9.52 Å². The molecule has 1 amide bonds. The van der Waals surface area contributed by atoms with Crippen LogP contribution in [0.4, 0.5) is 11.7 Å². The van der Waals surface area contributed by atoms with Gasteiger partial charge in [-0.15, -0.1) is 0 Å². The van der Waals surface area contributed by atoms with Gasteiger partial charge in [-0.2, -0.15) is 0 Å². The lowest BCUT2D eigenvalue weighted by Gasteiger charge is -2.16. The molecule has 0 unspecified atom stereocenters. The van der Waals surface area contributed by atoms with Crippen molar-refractivity contribution in [3.05, 3.63) is 82.5 Å². The Hall–Kier alpha value is -4.24. The summed E-state index contributed by atoms with van der Waals surface area (Å²) < 4.78 is 5.87. The number of benzene rings is 1. The summed E-state index contributed by atoms with van der Waals surface area (Å²) in [6.07, 6.45) is 4.75. The topological polar surface area (TPSA) is 124 Å². The van der Waals surface area contributed by atoms with E-state index in [0.29, 0.717) is 28.3 Å². The van der Waals surface area contributed by atoms with Crippen LogP contribution in [-0.2, 0) is 0 Å². The van der Waals surface area contributed by atoms with E-state index in [-0.39, 0.29) is 30.6 Å². The number of anilines is 2. The number of likely N-dealkylation sites (N-methyl/N-ethyl adjacent to an activating group) is 1. The first-order valence-corrected chi connectivity index (χ1v) is 10.3. The quantitative estimate of drug-likeness (QED) is 0.399. The molecule has 0 saturated heterocycles. The molecule has 4 rings (SSSR count). The van der Waals surface area contributed by atoms with E-state index in [1.807, 2.05) is 13.0 Å². The maximum Gasteiger partial charge on any atom is 0.299 e. The minimum atomic E-state index is -0.225. The van der Waals surface area contributed by atoms with Gasteiger partial charge in [0.05, 0.1) is 24.1 Å². The minimum absolute atomic E-state index is 0.103. The SMILES string of the molecule is Cc1ccc(C(=O)N(C)CCO)cc1Nc1ncc(-c2ccnc(-c3ccc[nH]c3=O)c2)o1. The van der Waals surface area contributed by atoms with Crippen molar-refractivity contribution in [1.29, 1.82) is 0 Å². The van der Waals surface area contributed by atoms with Crippen LogP contribution in [0.2, 0.25) is 0 Å². The number of aryl methyl sites for hydroxylation is 1. The van der Waals surface area contributed by atoms with E-state index in [1.165, 1.54) is 4.90 Å². The van der Waals surface area contributed by atoms with Crippen LogP contribution >= 0.6 is 0 Å². The number of aliphatic hydroxyl groups is 1. The third-order valence-electron chi connectivity index (χ3n) is 5.15. The highest BCUT2D eigenvalue weighted by molar-refractivity contribution is 5.95. The summed E-state index contributed by atoms with van der Waals surface area (Å²) in [4.78, 5) is 37.3. The Morgan fingerprint density at radius 2 is 2.06 bits per heavy atom. The molecular weight excluding hydrogens is 422 g/mol. The molecule has 0 radical (unpaired) electrons. The molecular formula is C24H23N5O4. The monoisotopic (exact) mass is 445 g/mol. The molecule has 9 nitrogen and oxygen atoms in total. The average molecular weight is 445 g/mol. The zero-order valence-electron chi connectivity index (χ0n) is 18.2. The number of aliphatic hydroxyl groups excluding tert-OH is 1. The largest absolute Gasteiger partial charge is 0.423 e. The molecule has 168 valence electrons. The van der Waals surface area contributed by atoms with Crippen molar-refractivity contribution in [3.63, 3.8) is 0 Å². The van der Waals surface area contributed by atoms with Crippen LogP contribution < -0.4 is 10.9 Å². The van der Waals surface area contributed by atoms with Crippen molar-refractivity contribution >= 4 is 17.6 Å². The summed E-state index contributed by atoms with van der Waals surface area (Å²) >= 11 is 0. The Labute approximate surface area is 189 Å². The van der Waals surface area contributed by atoms with Crippen molar-refractivity contribution in [2.75, 3.05) is 25.5 Å². The molecule has 9 heteroatoms. The molecule has 0 aliphatic rings. The van der Waals surface area contributed by atoms with E-state index in [9.17, 15) is 9.59 Å². The number of rotatable bonds is 7. The number of hydrogen-bond acceptors (Lipinski definition) is 7. The van der Waals surface area contributed by atoms with Crippen LogP contribution in [0.3, 0.4) is 0 Å². The van der Waals surface area contributed by atoms with Gasteiger partial charge in [0.2, 0.25) is 0 Å². The number of H-pyrrole nitrogens is 1. The average Bonchev–Trinajstić information content (AvgIpc) is 3.29. The van der Waals surface area contributed by atoms with Gasteiger partial charge in [-0.3, -0.25) is 14.6 Å². The first-order valence-electron chi connectivity index (χ1n) is 10.3. The third kappa shape index (κ3) is 4.83. The lowest BCUT2D eigenvalue weighted by Crippen LogP contribution is -2.29. The smallest absolute Gasteiger partial charge is 0.299 e. The maximum atomic E-state index is 12.5. The zero-order chi connectivity index (χ0) is 23.4. The Kier molecular flexibility index (Phi) is 6.32. The van der Waals surface area contributed by atoms with Crippen LogP contribution in [0, 0.1) is 6.92 Å².